The first-order valence-corrected chi connectivity index (χ1v) is 6.75. The van der Waals surface area contributed by atoms with E-state index in [4.69, 9.17) is 9.47 Å². The Bertz CT molecular complexity index is 416. The summed E-state index contributed by atoms with van der Waals surface area (Å²) in [5.74, 6) is 1.53. The molecule has 2 rings (SSSR count). The topological polar surface area (TPSA) is 50.7 Å². The van der Waals surface area contributed by atoms with Gasteiger partial charge in [0.25, 0.3) is 0 Å². The van der Waals surface area contributed by atoms with Crippen LogP contribution in [0.25, 0.3) is 0 Å². The van der Waals surface area contributed by atoms with Gasteiger partial charge in [-0.1, -0.05) is 6.07 Å². The van der Waals surface area contributed by atoms with Crippen LogP contribution >= 0.6 is 0 Å². The number of benzene rings is 1. The summed E-state index contributed by atoms with van der Waals surface area (Å²) in [6.07, 6.45) is 3.24. The summed E-state index contributed by atoms with van der Waals surface area (Å²) >= 11 is 0. The summed E-state index contributed by atoms with van der Waals surface area (Å²) in [5.41, 5.74) is 1.40. The third kappa shape index (κ3) is 3.61. The van der Waals surface area contributed by atoms with E-state index < -0.39 is 0 Å². The minimum absolute atomic E-state index is 0.178. The van der Waals surface area contributed by atoms with Crippen LogP contribution in [0.3, 0.4) is 0 Å². The summed E-state index contributed by atoms with van der Waals surface area (Å²) < 4.78 is 10.5. The van der Waals surface area contributed by atoms with Gasteiger partial charge < -0.3 is 19.9 Å². The van der Waals surface area contributed by atoms with Crippen molar-refractivity contribution in [2.45, 2.75) is 19.3 Å². The lowest BCUT2D eigenvalue weighted by atomic mass is 10.1. The molecule has 4 heteroatoms. The first-order chi connectivity index (χ1) is 9.23. The van der Waals surface area contributed by atoms with Crippen LogP contribution in [0.2, 0.25) is 0 Å². The highest BCUT2D eigenvalue weighted by atomic mass is 16.5. The quantitative estimate of drug-likeness (QED) is 0.701. The minimum Gasteiger partial charge on any atom is -0.493 e. The number of aliphatic hydroxyl groups is 1. The Morgan fingerprint density at radius 1 is 1.21 bits per heavy atom. The Balaban J connectivity index is 1.79. The van der Waals surface area contributed by atoms with Crippen molar-refractivity contribution >= 4 is 0 Å². The van der Waals surface area contributed by atoms with Crippen molar-refractivity contribution in [3.05, 3.63) is 23.8 Å². The smallest absolute Gasteiger partial charge is 0.160 e. The summed E-state index contributed by atoms with van der Waals surface area (Å²) in [4.78, 5) is 0. The molecule has 0 bridgehead atoms. The van der Waals surface area contributed by atoms with Crippen molar-refractivity contribution in [1.29, 1.82) is 0 Å². The summed E-state index contributed by atoms with van der Waals surface area (Å²) in [6.45, 7) is 2.13. The van der Waals surface area contributed by atoms with Crippen molar-refractivity contribution in [2.75, 3.05) is 33.9 Å². The molecule has 1 aliphatic rings. The fraction of sp³-hybridized carbons (Fsp3) is 0.600. The first-order valence-electron chi connectivity index (χ1n) is 6.75. The largest absolute Gasteiger partial charge is 0.493 e. The second-order valence-electron chi connectivity index (χ2n) is 5.27. The highest BCUT2D eigenvalue weighted by Crippen LogP contribution is 2.44. The van der Waals surface area contributed by atoms with Gasteiger partial charge in [0.2, 0.25) is 0 Å². The Hall–Kier alpha value is -1.26. The maximum Gasteiger partial charge on any atom is 0.160 e. The van der Waals surface area contributed by atoms with E-state index in [-0.39, 0.29) is 5.41 Å². The zero-order chi connectivity index (χ0) is 13.7. The van der Waals surface area contributed by atoms with Crippen LogP contribution in [-0.2, 0) is 6.42 Å². The van der Waals surface area contributed by atoms with E-state index in [1.807, 2.05) is 12.1 Å². The number of hydrogen-bond donors (Lipinski definition) is 2. The fourth-order valence-electron chi connectivity index (χ4n) is 2.19. The number of aliphatic hydroxyl groups excluding tert-OH is 1. The minimum atomic E-state index is 0.178. The average molecular weight is 265 g/mol. The molecule has 4 nitrogen and oxygen atoms in total. The first kappa shape index (κ1) is 14.2. The molecule has 0 spiro atoms. The van der Waals surface area contributed by atoms with E-state index in [0.717, 1.165) is 43.9 Å². The number of ether oxygens (including phenoxy) is 2. The van der Waals surface area contributed by atoms with Gasteiger partial charge in [-0.2, -0.15) is 0 Å². The second-order valence-corrected chi connectivity index (χ2v) is 5.27. The van der Waals surface area contributed by atoms with Crippen molar-refractivity contribution in [2.24, 2.45) is 5.41 Å². The molecule has 0 aliphatic heterocycles. The Kier molecular flexibility index (Phi) is 4.66. The maximum absolute atomic E-state index is 9.23. The van der Waals surface area contributed by atoms with Crippen molar-refractivity contribution in [1.82, 2.24) is 5.32 Å². The van der Waals surface area contributed by atoms with Gasteiger partial charge in [0.1, 0.15) is 0 Å². The molecule has 0 heterocycles. The molecule has 1 aromatic rings. The van der Waals surface area contributed by atoms with Crippen LogP contribution in [0.4, 0.5) is 0 Å². The summed E-state index contributed by atoms with van der Waals surface area (Å²) in [7, 11) is 3.29. The lowest BCUT2D eigenvalue weighted by Crippen LogP contribution is -2.28. The molecule has 19 heavy (non-hydrogen) atoms. The highest BCUT2D eigenvalue weighted by Gasteiger charge is 2.41. The molecule has 1 saturated carbocycles. The number of nitrogens with one attached hydrogen (secondary N) is 1. The molecule has 0 atom stereocenters. The van der Waals surface area contributed by atoms with Crippen molar-refractivity contribution < 1.29 is 14.6 Å². The van der Waals surface area contributed by atoms with Crippen molar-refractivity contribution in [3.63, 3.8) is 0 Å². The van der Waals surface area contributed by atoms with Gasteiger partial charge in [-0.25, -0.2) is 0 Å². The van der Waals surface area contributed by atoms with Crippen molar-refractivity contribution in [3.8, 4) is 11.5 Å². The molecule has 1 aromatic carbocycles. The van der Waals surface area contributed by atoms with Crippen LogP contribution in [0.5, 0.6) is 11.5 Å². The fourth-order valence-corrected chi connectivity index (χ4v) is 2.19. The van der Waals surface area contributed by atoms with E-state index in [0.29, 0.717) is 6.61 Å². The monoisotopic (exact) mass is 265 g/mol. The lowest BCUT2D eigenvalue weighted by molar-refractivity contribution is 0.208. The molecule has 1 aliphatic carbocycles. The molecule has 0 unspecified atom stereocenters. The van der Waals surface area contributed by atoms with Gasteiger partial charge >= 0.3 is 0 Å². The van der Waals surface area contributed by atoms with Crippen LogP contribution in [0.1, 0.15) is 18.4 Å². The third-order valence-electron chi connectivity index (χ3n) is 3.83. The third-order valence-corrected chi connectivity index (χ3v) is 3.83. The van der Waals surface area contributed by atoms with E-state index >= 15 is 0 Å². The molecule has 0 aromatic heterocycles. The summed E-state index contributed by atoms with van der Waals surface area (Å²) in [5, 5.41) is 12.7. The predicted octanol–water partition coefficient (Wildman–Crippen LogP) is 1.61. The van der Waals surface area contributed by atoms with Gasteiger partial charge in [0, 0.05) is 18.6 Å². The van der Waals surface area contributed by atoms with Crippen LogP contribution in [0.15, 0.2) is 18.2 Å². The van der Waals surface area contributed by atoms with E-state index in [9.17, 15) is 5.11 Å². The molecule has 0 saturated heterocycles. The molecule has 0 radical (unpaired) electrons. The molecule has 1 fully saturated rings. The SMILES string of the molecule is COc1ccc(CCNCC2(CO)CC2)cc1OC. The Morgan fingerprint density at radius 3 is 2.53 bits per heavy atom. The molecular weight excluding hydrogens is 242 g/mol. The van der Waals surface area contributed by atoms with Gasteiger partial charge in [0.15, 0.2) is 11.5 Å². The zero-order valence-corrected chi connectivity index (χ0v) is 11.7. The molecular formula is C15H23NO3. The van der Waals surface area contributed by atoms with Crippen LogP contribution in [-0.4, -0.2) is 39.0 Å². The normalized spacial score (nSPS) is 16.2. The second kappa shape index (κ2) is 6.26. The Labute approximate surface area is 114 Å². The van der Waals surface area contributed by atoms with Crippen LogP contribution < -0.4 is 14.8 Å². The van der Waals surface area contributed by atoms with Gasteiger partial charge in [0.05, 0.1) is 14.2 Å². The van der Waals surface area contributed by atoms with E-state index in [1.165, 1.54) is 5.56 Å². The van der Waals surface area contributed by atoms with Gasteiger partial charge in [-0.15, -0.1) is 0 Å². The number of methoxy groups -OCH3 is 2. The zero-order valence-electron chi connectivity index (χ0n) is 11.7. The van der Waals surface area contributed by atoms with Gasteiger partial charge in [-0.3, -0.25) is 0 Å². The van der Waals surface area contributed by atoms with E-state index in [2.05, 4.69) is 11.4 Å². The number of hydrogen-bond acceptors (Lipinski definition) is 4. The standard InChI is InChI=1S/C15H23NO3/c1-18-13-4-3-12(9-14(13)19-2)5-8-16-10-15(11-17)6-7-15/h3-4,9,16-17H,5-8,10-11H2,1-2H3. The summed E-state index contributed by atoms with van der Waals surface area (Å²) in [6, 6.07) is 6.01. The average Bonchev–Trinajstić information content (AvgIpc) is 3.24. The lowest BCUT2D eigenvalue weighted by Gasteiger charge is -2.13. The Morgan fingerprint density at radius 2 is 1.95 bits per heavy atom. The predicted molar refractivity (Wildman–Crippen MR) is 74.9 cm³/mol. The number of rotatable bonds is 8. The van der Waals surface area contributed by atoms with Crippen LogP contribution in [0, 0.1) is 5.41 Å². The molecule has 106 valence electrons. The molecule has 0 amide bonds. The van der Waals surface area contributed by atoms with Gasteiger partial charge in [-0.05, 0) is 43.5 Å². The van der Waals surface area contributed by atoms with E-state index in [1.54, 1.807) is 14.2 Å². The molecule has 2 N–H and O–H groups in total. The maximum atomic E-state index is 9.23. The highest BCUT2D eigenvalue weighted by molar-refractivity contribution is 5.42.